The SMILES string of the molecule is O=C(Cc1ccsc1)NCC1Cc2cc(Cl)cc(-c3ccncc3)c2O1. The fraction of sp³-hybridized carbons (Fsp3) is 0.200. The molecule has 1 aliphatic heterocycles. The van der Waals surface area contributed by atoms with E-state index in [9.17, 15) is 4.79 Å². The zero-order valence-electron chi connectivity index (χ0n) is 13.9. The molecule has 1 atom stereocenters. The van der Waals surface area contributed by atoms with Gasteiger partial charge in [0, 0.05) is 35.0 Å². The Labute approximate surface area is 160 Å². The Bertz CT molecular complexity index is 913. The third kappa shape index (κ3) is 3.74. The van der Waals surface area contributed by atoms with Crippen molar-refractivity contribution < 1.29 is 9.53 Å². The van der Waals surface area contributed by atoms with Crippen molar-refractivity contribution >= 4 is 28.8 Å². The van der Waals surface area contributed by atoms with Crippen molar-refractivity contribution in [2.45, 2.75) is 18.9 Å². The summed E-state index contributed by atoms with van der Waals surface area (Å²) in [4.78, 5) is 16.2. The molecule has 3 aromatic rings. The van der Waals surface area contributed by atoms with E-state index in [0.29, 0.717) is 18.0 Å². The lowest BCUT2D eigenvalue weighted by atomic mass is 10.0. The lowest BCUT2D eigenvalue weighted by molar-refractivity contribution is -0.120. The number of fused-ring (bicyclic) bond motifs is 1. The minimum atomic E-state index is -0.0875. The maximum atomic E-state index is 12.1. The molecule has 0 saturated heterocycles. The van der Waals surface area contributed by atoms with Gasteiger partial charge >= 0.3 is 0 Å². The molecule has 6 heteroatoms. The van der Waals surface area contributed by atoms with Gasteiger partial charge in [0.1, 0.15) is 11.9 Å². The van der Waals surface area contributed by atoms with Crippen molar-refractivity contribution in [3.05, 3.63) is 69.6 Å². The van der Waals surface area contributed by atoms with Crippen LogP contribution in [0.1, 0.15) is 11.1 Å². The van der Waals surface area contributed by atoms with E-state index in [2.05, 4.69) is 10.3 Å². The Balaban J connectivity index is 1.45. The van der Waals surface area contributed by atoms with Crippen molar-refractivity contribution in [2.75, 3.05) is 6.54 Å². The van der Waals surface area contributed by atoms with E-state index < -0.39 is 0 Å². The van der Waals surface area contributed by atoms with Crippen molar-refractivity contribution in [2.24, 2.45) is 0 Å². The van der Waals surface area contributed by atoms with Gasteiger partial charge in [-0.05, 0) is 52.2 Å². The second-order valence-corrected chi connectivity index (χ2v) is 7.45. The van der Waals surface area contributed by atoms with Crippen LogP contribution in [0.4, 0.5) is 0 Å². The van der Waals surface area contributed by atoms with Crippen LogP contribution in [0, 0.1) is 0 Å². The van der Waals surface area contributed by atoms with Gasteiger partial charge in [0.05, 0.1) is 13.0 Å². The number of hydrogen-bond acceptors (Lipinski definition) is 4. The molecule has 4 rings (SSSR count). The van der Waals surface area contributed by atoms with Crippen LogP contribution in [0.15, 0.2) is 53.5 Å². The van der Waals surface area contributed by atoms with Crippen LogP contribution in [-0.2, 0) is 17.6 Å². The lowest BCUT2D eigenvalue weighted by Crippen LogP contribution is -2.35. The molecular formula is C20H17ClN2O2S. The largest absolute Gasteiger partial charge is 0.487 e. The molecule has 132 valence electrons. The first-order valence-corrected chi connectivity index (χ1v) is 9.68. The summed E-state index contributed by atoms with van der Waals surface area (Å²) in [6, 6.07) is 9.69. The van der Waals surface area contributed by atoms with E-state index >= 15 is 0 Å². The van der Waals surface area contributed by atoms with E-state index in [-0.39, 0.29) is 12.0 Å². The first-order chi connectivity index (χ1) is 12.7. The van der Waals surface area contributed by atoms with Crippen LogP contribution < -0.4 is 10.1 Å². The summed E-state index contributed by atoms with van der Waals surface area (Å²) in [5, 5.41) is 7.62. The summed E-state index contributed by atoms with van der Waals surface area (Å²) in [5.74, 6) is 0.855. The van der Waals surface area contributed by atoms with Gasteiger partial charge in [-0.1, -0.05) is 11.6 Å². The van der Waals surface area contributed by atoms with Crippen LogP contribution in [0.2, 0.25) is 5.02 Å². The topological polar surface area (TPSA) is 51.2 Å². The van der Waals surface area contributed by atoms with Crippen molar-refractivity contribution in [3.8, 4) is 16.9 Å². The van der Waals surface area contributed by atoms with E-state index in [0.717, 1.165) is 34.4 Å². The van der Waals surface area contributed by atoms with Gasteiger partial charge in [-0.25, -0.2) is 0 Å². The molecule has 26 heavy (non-hydrogen) atoms. The van der Waals surface area contributed by atoms with E-state index in [1.54, 1.807) is 23.7 Å². The molecule has 1 aromatic carbocycles. The first-order valence-electron chi connectivity index (χ1n) is 8.36. The summed E-state index contributed by atoms with van der Waals surface area (Å²) < 4.78 is 6.14. The van der Waals surface area contributed by atoms with E-state index in [4.69, 9.17) is 16.3 Å². The normalized spacial score (nSPS) is 15.3. The third-order valence-electron chi connectivity index (χ3n) is 4.33. The Hall–Kier alpha value is -2.37. The van der Waals surface area contributed by atoms with Gasteiger partial charge in [0.15, 0.2) is 0 Å². The smallest absolute Gasteiger partial charge is 0.224 e. The number of rotatable bonds is 5. The van der Waals surface area contributed by atoms with E-state index in [1.807, 2.05) is 41.1 Å². The molecular weight excluding hydrogens is 368 g/mol. The number of pyridine rings is 1. The van der Waals surface area contributed by atoms with Gasteiger partial charge in [-0.2, -0.15) is 11.3 Å². The van der Waals surface area contributed by atoms with Gasteiger partial charge in [0.25, 0.3) is 0 Å². The summed E-state index contributed by atoms with van der Waals surface area (Å²) in [6.45, 7) is 0.477. The molecule has 0 bridgehead atoms. The van der Waals surface area contributed by atoms with Crippen LogP contribution in [0.3, 0.4) is 0 Å². The fourth-order valence-corrected chi connectivity index (χ4v) is 4.03. The molecule has 0 fully saturated rings. The molecule has 0 spiro atoms. The average molecular weight is 385 g/mol. The van der Waals surface area contributed by atoms with Gasteiger partial charge in [-0.3, -0.25) is 9.78 Å². The maximum Gasteiger partial charge on any atom is 0.224 e. The number of nitrogens with zero attached hydrogens (tertiary/aromatic N) is 1. The van der Waals surface area contributed by atoms with Gasteiger partial charge in [-0.15, -0.1) is 0 Å². The minimum absolute atomic E-state index is 0.00958. The predicted octanol–water partition coefficient (Wildman–Crippen LogP) is 4.13. The zero-order valence-corrected chi connectivity index (χ0v) is 15.5. The first kappa shape index (κ1) is 17.1. The summed E-state index contributed by atoms with van der Waals surface area (Å²) in [5.41, 5.74) is 4.08. The molecule has 0 aliphatic carbocycles. The van der Waals surface area contributed by atoms with E-state index in [1.165, 1.54) is 0 Å². The highest BCUT2D eigenvalue weighted by atomic mass is 35.5. The molecule has 4 nitrogen and oxygen atoms in total. The fourth-order valence-electron chi connectivity index (χ4n) is 3.12. The number of hydrogen-bond donors (Lipinski definition) is 1. The molecule has 0 saturated carbocycles. The highest BCUT2D eigenvalue weighted by Gasteiger charge is 2.27. The highest BCUT2D eigenvalue weighted by molar-refractivity contribution is 7.08. The zero-order chi connectivity index (χ0) is 17.9. The molecule has 2 aromatic heterocycles. The number of aromatic nitrogens is 1. The number of halogens is 1. The minimum Gasteiger partial charge on any atom is -0.487 e. The second-order valence-electron chi connectivity index (χ2n) is 6.23. The van der Waals surface area contributed by atoms with Crippen LogP contribution in [0.25, 0.3) is 11.1 Å². The number of carbonyl (C=O) groups excluding carboxylic acids is 1. The second kappa shape index (κ2) is 7.48. The Morgan fingerprint density at radius 2 is 2.15 bits per heavy atom. The van der Waals surface area contributed by atoms with Crippen molar-refractivity contribution in [1.82, 2.24) is 10.3 Å². The Morgan fingerprint density at radius 1 is 1.31 bits per heavy atom. The summed E-state index contributed by atoms with van der Waals surface area (Å²) in [6.07, 6.45) is 4.54. The molecule has 1 unspecified atom stereocenters. The summed E-state index contributed by atoms with van der Waals surface area (Å²) >= 11 is 7.89. The molecule has 3 heterocycles. The number of thiophene rings is 1. The number of nitrogens with one attached hydrogen (secondary N) is 1. The van der Waals surface area contributed by atoms with Crippen LogP contribution in [0.5, 0.6) is 5.75 Å². The molecule has 1 amide bonds. The average Bonchev–Trinajstić information content (AvgIpc) is 3.29. The molecule has 1 aliphatic rings. The monoisotopic (exact) mass is 384 g/mol. The predicted molar refractivity (Wildman–Crippen MR) is 104 cm³/mol. The van der Waals surface area contributed by atoms with Gasteiger partial charge < -0.3 is 10.1 Å². The standard InChI is InChI=1S/C20H17ClN2O2S/c21-16-8-15-9-17(11-23-19(24)7-13-3-6-26-12-13)25-20(15)18(10-16)14-1-4-22-5-2-14/h1-6,8,10,12,17H,7,9,11H2,(H,23,24). The number of carbonyl (C=O) groups is 1. The quantitative estimate of drug-likeness (QED) is 0.719. The summed E-state index contributed by atoms with van der Waals surface area (Å²) in [7, 11) is 0. The number of ether oxygens (including phenoxy) is 1. The molecule has 0 radical (unpaired) electrons. The van der Waals surface area contributed by atoms with Crippen molar-refractivity contribution in [3.63, 3.8) is 0 Å². The number of benzene rings is 1. The Morgan fingerprint density at radius 3 is 2.92 bits per heavy atom. The van der Waals surface area contributed by atoms with Crippen LogP contribution in [-0.4, -0.2) is 23.5 Å². The van der Waals surface area contributed by atoms with Gasteiger partial charge in [0.2, 0.25) is 5.91 Å². The third-order valence-corrected chi connectivity index (χ3v) is 5.28. The van der Waals surface area contributed by atoms with Crippen molar-refractivity contribution in [1.29, 1.82) is 0 Å². The maximum absolute atomic E-state index is 12.1. The number of amides is 1. The molecule has 1 N–H and O–H groups in total. The Kier molecular flexibility index (Phi) is 4.91. The van der Waals surface area contributed by atoms with Crippen LogP contribution >= 0.6 is 22.9 Å². The lowest BCUT2D eigenvalue weighted by Gasteiger charge is -2.13. The highest BCUT2D eigenvalue weighted by Crippen LogP contribution is 2.40.